The molecule has 0 spiro atoms. The van der Waals surface area contributed by atoms with Gasteiger partial charge in [-0.15, -0.1) is 0 Å². The van der Waals surface area contributed by atoms with Gasteiger partial charge in [0.1, 0.15) is 36.8 Å². The highest BCUT2D eigenvalue weighted by Crippen LogP contribution is 2.22. The summed E-state index contributed by atoms with van der Waals surface area (Å²) in [5, 5.41) is 22.1. The van der Waals surface area contributed by atoms with Crippen molar-refractivity contribution in [3.8, 4) is 0 Å². The summed E-state index contributed by atoms with van der Waals surface area (Å²) < 4.78 is 11.9. The van der Waals surface area contributed by atoms with E-state index in [1.807, 2.05) is 51.1 Å². The fraction of sp³-hybridized carbons (Fsp3) is 0.705. The third kappa shape index (κ3) is 17.9. The van der Waals surface area contributed by atoms with E-state index in [4.69, 9.17) is 9.47 Å². The molecule has 1 saturated heterocycles. The number of cyclic esters (lactones) is 1. The van der Waals surface area contributed by atoms with Crippen molar-refractivity contribution >= 4 is 41.6 Å². The van der Waals surface area contributed by atoms with Gasteiger partial charge in [0, 0.05) is 7.05 Å². The number of hydrogen-bond acceptors (Lipinski definition) is 9. The number of carboxylic acid groups (broad SMARTS) is 1. The minimum Gasteiger partial charge on any atom is -0.465 e. The van der Waals surface area contributed by atoms with Gasteiger partial charge in [-0.25, -0.2) is 4.79 Å². The van der Waals surface area contributed by atoms with Crippen molar-refractivity contribution in [3.63, 3.8) is 0 Å². The van der Waals surface area contributed by atoms with Crippen LogP contribution in [0.25, 0.3) is 0 Å². The lowest BCUT2D eigenvalue weighted by atomic mass is 9.94. The van der Waals surface area contributed by atoms with E-state index in [0.717, 1.165) is 37.7 Å². The average Bonchev–Trinajstić information content (AvgIpc) is 3.22. The monoisotopic (exact) mass is 845 g/mol. The van der Waals surface area contributed by atoms with Crippen molar-refractivity contribution < 1.29 is 48.1 Å². The van der Waals surface area contributed by atoms with Gasteiger partial charge >= 0.3 is 12.1 Å². The van der Waals surface area contributed by atoms with Crippen molar-refractivity contribution in [2.24, 2.45) is 17.8 Å². The minimum atomic E-state index is -1.55. The van der Waals surface area contributed by atoms with Gasteiger partial charge in [0.15, 0.2) is 0 Å². The lowest BCUT2D eigenvalue weighted by molar-refractivity contribution is -0.158. The summed E-state index contributed by atoms with van der Waals surface area (Å²) in [4.78, 5) is 96.6. The van der Waals surface area contributed by atoms with Crippen LogP contribution in [0, 0.1) is 17.8 Å². The fourth-order valence-electron chi connectivity index (χ4n) is 7.05. The Morgan fingerprint density at radius 3 is 2.07 bits per heavy atom. The van der Waals surface area contributed by atoms with E-state index < -0.39 is 103 Å². The zero-order valence-electron chi connectivity index (χ0n) is 37.1. The molecule has 1 aliphatic rings. The number of ether oxygens (including phenoxy) is 2. The predicted molar refractivity (Wildman–Crippen MR) is 227 cm³/mol. The Morgan fingerprint density at radius 2 is 1.47 bits per heavy atom. The molecule has 8 atom stereocenters. The molecule has 6 N–H and O–H groups in total. The number of nitrogens with one attached hydrogen (secondary N) is 5. The fourth-order valence-corrected chi connectivity index (χ4v) is 7.05. The van der Waals surface area contributed by atoms with E-state index in [9.17, 15) is 38.7 Å². The smallest absolute Gasteiger partial charge is 0.404 e. The van der Waals surface area contributed by atoms with E-state index in [2.05, 4.69) is 33.5 Å². The zero-order chi connectivity index (χ0) is 44.8. The maximum Gasteiger partial charge on any atom is 0.404 e. The number of carbonyl (C=O) groups is 7. The lowest BCUT2D eigenvalue weighted by Crippen LogP contribution is -2.62. The Kier molecular flexibility index (Phi) is 23.3. The van der Waals surface area contributed by atoms with Gasteiger partial charge in [-0.2, -0.15) is 0 Å². The average molecular weight is 845 g/mol. The van der Waals surface area contributed by atoms with Crippen molar-refractivity contribution in [2.45, 2.75) is 162 Å². The summed E-state index contributed by atoms with van der Waals surface area (Å²) in [7, 11) is 1.51. The third-order valence-electron chi connectivity index (χ3n) is 11.1. The highest BCUT2D eigenvalue weighted by Gasteiger charge is 2.39. The standard InChI is InChI=1S/C44H72N6O10/c1-9-11-12-13-14-15-16-20-23-35-30(6)43(56)50(8)34(24-28(3)4)40(53)48-37(29(5)10-2)42(55)47-33(25-46-44(57)58)39(52)49-38(41(54)45-26-36(51)60-35)31(7)59-27-32-21-18-17-19-22-32/h17-19,21-22,28-31,33-35,37-38,46H,9-16,20,23-27H2,1-8H3,(H,45,54)(H,47,55)(H,48,53)(H,49,52)(H,57,58)/t29?,30-,31?,33+,34+,35-,37+,38+/m1/s1. The molecule has 0 aliphatic carbocycles. The molecule has 16 nitrogen and oxygen atoms in total. The lowest BCUT2D eigenvalue weighted by Gasteiger charge is -2.34. The quantitative estimate of drug-likeness (QED) is 0.0849. The van der Waals surface area contributed by atoms with Crippen LogP contribution in [-0.2, 0) is 44.8 Å². The van der Waals surface area contributed by atoms with Crippen LogP contribution in [0.4, 0.5) is 4.79 Å². The molecule has 338 valence electrons. The summed E-state index contributed by atoms with van der Waals surface area (Å²) in [5.74, 6) is -5.70. The molecule has 1 fully saturated rings. The van der Waals surface area contributed by atoms with Crippen LogP contribution in [0.15, 0.2) is 30.3 Å². The van der Waals surface area contributed by atoms with Crippen LogP contribution in [-0.4, -0.2) is 108 Å². The maximum absolute atomic E-state index is 14.2. The van der Waals surface area contributed by atoms with E-state index in [1.165, 1.54) is 24.8 Å². The minimum absolute atomic E-state index is 0.0412. The van der Waals surface area contributed by atoms with Crippen molar-refractivity contribution in [2.75, 3.05) is 20.1 Å². The third-order valence-corrected chi connectivity index (χ3v) is 11.1. The first-order valence-corrected chi connectivity index (χ1v) is 21.8. The van der Waals surface area contributed by atoms with Crippen LogP contribution in [0.5, 0.6) is 0 Å². The Bertz CT molecular complexity index is 1530. The number of nitrogens with zero attached hydrogens (tertiary/aromatic N) is 1. The Morgan fingerprint density at radius 1 is 0.850 bits per heavy atom. The van der Waals surface area contributed by atoms with Crippen LogP contribution in [0.2, 0.25) is 0 Å². The van der Waals surface area contributed by atoms with Gasteiger partial charge < -0.3 is 46.1 Å². The highest BCUT2D eigenvalue weighted by atomic mass is 16.5. The van der Waals surface area contributed by atoms with E-state index in [1.54, 1.807) is 20.8 Å². The van der Waals surface area contributed by atoms with E-state index in [0.29, 0.717) is 19.3 Å². The molecule has 0 saturated carbocycles. The van der Waals surface area contributed by atoms with Crippen LogP contribution >= 0.6 is 0 Å². The second-order valence-electron chi connectivity index (χ2n) is 16.5. The van der Waals surface area contributed by atoms with Crippen molar-refractivity contribution in [1.29, 1.82) is 0 Å². The molecule has 2 unspecified atom stereocenters. The molecule has 1 heterocycles. The number of esters is 1. The number of amides is 6. The van der Waals surface area contributed by atoms with Gasteiger partial charge in [-0.3, -0.25) is 28.8 Å². The molecule has 2 rings (SSSR count). The number of hydrogen-bond donors (Lipinski definition) is 6. The summed E-state index contributed by atoms with van der Waals surface area (Å²) in [5.41, 5.74) is 0.789. The van der Waals surface area contributed by atoms with Crippen LogP contribution in [0.1, 0.15) is 125 Å². The molecule has 0 aromatic heterocycles. The molecule has 1 aromatic rings. The van der Waals surface area contributed by atoms with E-state index >= 15 is 0 Å². The number of carbonyl (C=O) groups excluding carboxylic acids is 6. The number of benzene rings is 1. The molecule has 0 bridgehead atoms. The molecule has 60 heavy (non-hydrogen) atoms. The SMILES string of the molecule is CCCCCCCCCC[C@H]1OC(=O)CNC(=O)[C@H](C(C)OCc2ccccc2)NC(=O)[C@H](CNC(=O)O)NC(=O)[C@H](C(C)CC)NC(=O)[C@H](CC(C)C)N(C)C(=O)[C@@H]1C. The van der Waals surface area contributed by atoms with Crippen LogP contribution < -0.4 is 26.6 Å². The molecule has 6 amide bonds. The Hall–Kier alpha value is -4.73. The van der Waals surface area contributed by atoms with Gasteiger partial charge in [-0.05, 0) is 43.6 Å². The first kappa shape index (κ1) is 51.4. The molecular formula is C44H72N6O10. The van der Waals surface area contributed by atoms with Gasteiger partial charge in [0.05, 0.1) is 25.2 Å². The first-order valence-electron chi connectivity index (χ1n) is 21.8. The Balaban J connectivity index is 2.58. The largest absolute Gasteiger partial charge is 0.465 e. The molecule has 1 aromatic carbocycles. The molecule has 0 radical (unpaired) electrons. The number of likely N-dealkylation sites (N-methyl/N-ethyl adjacent to an activating group) is 1. The topological polar surface area (TPSA) is 222 Å². The summed E-state index contributed by atoms with van der Waals surface area (Å²) in [6.45, 7) is 11.6. The first-order chi connectivity index (χ1) is 28.5. The normalized spacial score (nSPS) is 23.9. The van der Waals surface area contributed by atoms with Gasteiger partial charge in [0.25, 0.3) is 0 Å². The van der Waals surface area contributed by atoms with Crippen molar-refractivity contribution in [3.05, 3.63) is 35.9 Å². The predicted octanol–water partition coefficient (Wildman–Crippen LogP) is 4.44. The second-order valence-corrected chi connectivity index (χ2v) is 16.5. The molecular weight excluding hydrogens is 773 g/mol. The van der Waals surface area contributed by atoms with Crippen molar-refractivity contribution in [1.82, 2.24) is 31.5 Å². The maximum atomic E-state index is 14.2. The number of unbranched alkanes of at least 4 members (excludes halogenated alkanes) is 7. The van der Waals surface area contributed by atoms with Gasteiger partial charge in [-0.1, -0.05) is 123 Å². The highest BCUT2D eigenvalue weighted by molar-refractivity contribution is 5.96. The zero-order valence-corrected chi connectivity index (χ0v) is 37.1. The molecule has 16 heteroatoms. The molecule has 1 aliphatic heterocycles. The van der Waals surface area contributed by atoms with E-state index in [-0.39, 0.29) is 18.9 Å². The number of rotatable bonds is 19. The summed E-state index contributed by atoms with van der Waals surface area (Å²) in [6, 6.07) is 3.94. The second kappa shape index (κ2) is 27.2. The summed E-state index contributed by atoms with van der Waals surface area (Å²) in [6.07, 6.45) is 6.04. The Labute approximate surface area is 356 Å². The summed E-state index contributed by atoms with van der Waals surface area (Å²) >= 11 is 0. The van der Waals surface area contributed by atoms with Crippen LogP contribution in [0.3, 0.4) is 0 Å². The van der Waals surface area contributed by atoms with Gasteiger partial charge in [0.2, 0.25) is 29.5 Å².